The third-order valence-corrected chi connectivity index (χ3v) is 3.15. The highest BCUT2D eigenvalue weighted by Gasteiger charge is 2.13. The van der Waals surface area contributed by atoms with Crippen molar-refractivity contribution in [2.45, 2.75) is 12.8 Å². The molecule has 1 aromatic rings. The molecule has 1 heterocycles. The molecule has 0 saturated carbocycles. The van der Waals surface area contributed by atoms with Crippen LogP contribution in [0.25, 0.3) is 0 Å². The molecule has 2 N–H and O–H groups in total. The van der Waals surface area contributed by atoms with Crippen LogP contribution < -0.4 is 5.32 Å². The van der Waals surface area contributed by atoms with Crippen molar-refractivity contribution in [3.8, 4) is 0 Å². The molecule has 18 heavy (non-hydrogen) atoms. The molecule has 1 aliphatic rings. The summed E-state index contributed by atoms with van der Waals surface area (Å²) in [6.07, 6.45) is 2.47. The predicted octanol–water partition coefficient (Wildman–Crippen LogP) is 2.03. The van der Waals surface area contributed by atoms with Gasteiger partial charge < -0.3 is 15.3 Å². The van der Waals surface area contributed by atoms with E-state index in [1.54, 1.807) is 0 Å². The van der Waals surface area contributed by atoms with Crippen LogP contribution in [0.3, 0.4) is 0 Å². The maximum atomic E-state index is 13.0. The number of carbonyl (C=O) groups is 1. The van der Waals surface area contributed by atoms with Gasteiger partial charge >= 0.3 is 5.97 Å². The van der Waals surface area contributed by atoms with Crippen LogP contribution in [0.15, 0.2) is 18.2 Å². The van der Waals surface area contributed by atoms with E-state index in [0.717, 1.165) is 25.7 Å². The number of anilines is 1. The summed E-state index contributed by atoms with van der Waals surface area (Å²) in [6, 6.07) is 3.79. The minimum Gasteiger partial charge on any atom is -0.478 e. The Kier molecular flexibility index (Phi) is 4.15. The van der Waals surface area contributed by atoms with Gasteiger partial charge in [-0.2, -0.15) is 0 Å². The number of hydrogen-bond acceptors (Lipinski definition) is 3. The zero-order valence-corrected chi connectivity index (χ0v) is 10.2. The van der Waals surface area contributed by atoms with Crippen molar-refractivity contribution in [2.75, 3.05) is 31.5 Å². The molecule has 0 atom stereocenters. The number of halogens is 1. The highest BCUT2D eigenvalue weighted by molar-refractivity contribution is 5.94. The molecule has 0 bridgehead atoms. The molecule has 0 amide bonds. The van der Waals surface area contributed by atoms with Crippen LogP contribution in [0.2, 0.25) is 0 Å². The Balaban J connectivity index is 1.93. The van der Waals surface area contributed by atoms with E-state index < -0.39 is 11.8 Å². The summed E-state index contributed by atoms with van der Waals surface area (Å²) >= 11 is 0. The second kappa shape index (κ2) is 5.82. The number of nitrogens with one attached hydrogen (secondary N) is 1. The van der Waals surface area contributed by atoms with E-state index in [1.807, 2.05) is 0 Å². The van der Waals surface area contributed by atoms with E-state index in [0.29, 0.717) is 12.2 Å². The number of carboxylic acid groups (broad SMARTS) is 1. The molecule has 0 aliphatic carbocycles. The lowest BCUT2D eigenvalue weighted by molar-refractivity contribution is 0.0697. The molecule has 1 fully saturated rings. The fourth-order valence-corrected chi connectivity index (χ4v) is 2.20. The number of aromatic carboxylic acids is 1. The van der Waals surface area contributed by atoms with Gasteiger partial charge in [-0.25, -0.2) is 9.18 Å². The number of nitrogens with zero attached hydrogens (tertiary/aromatic N) is 1. The van der Waals surface area contributed by atoms with Gasteiger partial charge in [0.15, 0.2) is 0 Å². The van der Waals surface area contributed by atoms with Gasteiger partial charge in [-0.3, -0.25) is 0 Å². The monoisotopic (exact) mass is 252 g/mol. The second-order valence-electron chi connectivity index (χ2n) is 4.47. The molecule has 1 aliphatic heterocycles. The molecule has 0 radical (unpaired) electrons. The van der Waals surface area contributed by atoms with E-state index in [9.17, 15) is 9.18 Å². The normalized spacial score (nSPS) is 15.8. The number of carboxylic acids is 1. The Labute approximate surface area is 105 Å². The molecule has 0 aromatic heterocycles. The van der Waals surface area contributed by atoms with Crippen LogP contribution in [0, 0.1) is 5.82 Å². The van der Waals surface area contributed by atoms with Gasteiger partial charge in [-0.05, 0) is 44.1 Å². The van der Waals surface area contributed by atoms with Crippen molar-refractivity contribution >= 4 is 11.7 Å². The smallest absolute Gasteiger partial charge is 0.337 e. The first-order valence-electron chi connectivity index (χ1n) is 6.16. The average molecular weight is 252 g/mol. The minimum absolute atomic E-state index is 0.0172. The third-order valence-electron chi connectivity index (χ3n) is 3.15. The second-order valence-corrected chi connectivity index (χ2v) is 4.47. The van der Waals surface area contributed by atoms with E-state index in [1.165, 1.54) is 25.0 Å². The molecule has 98 valence electrons. The lowest BCUT2D eigenvalue weighted by Crippen LogP contribution is -2.26. The Hall–Kier alpha value is -1.62. The van der Waals surface area contributed by atoms with Crippen molar-refractivity contribution in [2.24, 2.45) is 0 Å². The van der Waals surface area contributed by atoms with Gasteiger partial charge in [-0.1, -0.05) is 0 Å². The molecular formula is C13H17FN2O2. The van der Waals surface area contributed by atoms with Crippen molar-refractivity contribution in [3.63, 3.8) is 0 Å². The first kappa shape index (κ1) is 12.8. The molecule has 1 aromatic carbocycles. The van der Waals surface area contributed by atoms with Crippen molar-refractivity contribution < 1.29 is 14.3 Å². The topological polar surface area (TPSA) is 52.6 Å². The number of rotatable bonds is 5. The number of benzene rings is 1. The van der Waals surface area contributed by atoms with Crippen LogP contribution in [-0.4, -0.2) is 42.2 Å². The van der Waals surface area contributed by atoms with Crippen LogP contribution >= 0.6 is 0 Å². The van der Waals surface area contributed by atoms with Crippen molar-refractivity contribution in [3.05, 3.63) is 29.6 Å². The lowest BCUT2D eigenvalue weighted by Gasteiger charge is -2.16. The predicted molar refractivity (Wildman–Crippen MR) is 67.5 cm³/mol. The quantitative estimate of drug-likeness (QED) is 0.842. The molecule has 4 nitrogen and oxygen atoms in total. The molecule has 0 unspecified atom stereocenters. The Morgan fingerprint density at radius 3 is 2.78 bits per heavy atom. The number of likely N-dealkylation sites (tertiary alicyclic amines) is 1. The van der Waals surface area contributed by atoms with Gasteiger partial charge in [0, 0.05) is 18.8 Å². The Bertz CT molecular complexity index is 431. The molecule has 2 rings (SSSR count). The largest absolute Gasteiger partial charge is 0.478 e. The maximum Gasteiger partial charge on any atom is 0.337 e. The van der Waals surface area contributed by atoms with Gasteiger partial charge in [0.25, 0.3) is 0 Å². The van der Waals surface area contributed by atoms with E-state index in [2.05, 4.69) is 10.2 Å². The van der Waals surface area contributed by atoms with E-state index in [-0.39, 0.29) is 5.56 Å². The minimum atomic E-state index is -1.11. The van der Waals surface area contributed by atoms with Crippen LogP contribution in [0.5, 0.6) is 0 Å². The summed E-state index contributed by atoms with van der Waals surface area (Å²) in [5.74, 6) is -1.64. The molecular weight excluding hydrogens is 235 g/mol. The summed E-state index contributed by atoms with van der Waals surface area (Å²) in [6.45, 7) is 3.77. The maximum absolute atomic E-state index is 13.0. The summed E-state index contributed by atoms with van der Waals surface area (Å²) in [4.78, 5) is 13.3. The molecule has 5 heteroatoms. The highest BCUT2D eigenvalue weighted by atomic mass is 19.1. The first-order valence-corrected chi connectivity index (χ1v) is 6.16. The summed E-state index contributed by atoms with van der Waals surface area (Å²) < 4.78 is 13.0. The van der Waals surface area contributed by atoms with E-state index in [4.69, 9.17) is 5.11 Å². The van der Waals surface area contributed by atoms with Gasteiger partial charge in [0.1, 0.15) is 5.82 Å². The third kappa shape index (κ3) is 3.20. The van der Waals surface area contributed by atoms with Crippen molar-refractivity contribution in [1.29, 1.82) is 0 Å². The van der Waals surface area contributed by atoms with Crippen LogP contribution in [0.4, 0.5) is 10.1 Å². The van der Waals surface area contributed by atoms with Crippen LogP contribution in [-0.2, 0) is 0 Å². The summed E-state index contributed by atoms with van der Waals surface area (Å²) in [5, 5.41) is 12.0. The van der Waals surface area contributed by atoms with Crippen molar-refractivity contribution in [1.82, 2.24) is 4.90 Å². The summed E-state index contributed by atoms with van der Waals surface area (Å²) in [5.41, 5.74) is 0.458. The molecule has 0 spiro atoms. The number of hydrogen-bond donors (Lipinski definition) is 2. The molecule has 1 saturated heterocycles. The zero-order chi connectivity index (χ0) is 13.0. The SMILES string of the molecule is O=C(O)c1cc(F)ccc1NCCN1CCCC1. The summed E-state index contributed by atoms with van der Waals surface area (Å²) in [7, 11) is 0. The standard InChI is InChI=1S/C13H17FN2O2/c14-10-3-4-12(11(9-10)13(17)18)15-5-8-16-6-1-2-7-16/h3-4,9,15H,1-2,5-8H2,(H,17,18). The fourth-order valence-electron chi connectivity index (χ4n) is 2.20. The zero-order valence-electron chi connectivity index (χ0n) is 10.2. The highest BCUT2D eigenvalue weighted by Crippen LogP contribution is 2.17. The van der Waals surface area contributed by atoms with Gasteiger partial charge in [0.05, 0.1) is 5.56 Å². The van der Waals surface area contributed by atoms with E-state index >= 15 is 0 Å². The van der Waals surface area contributed by atoms with Gasteiger partial charge in [0.2, 0.25) is 0 Å². The van der Waals surface area contributed by atoms with Gasteiger partial charge in [-0.15, -0.1) is 0 Å². The fraction of sp³-hybridized carbons (Fsp3) is 0.462. The first-order chi connectivity index (χ1) is 8.66. The Morgan fingerprint density at radius 1 is 1.39 bits per heavy atom. The average Bonchev–Trinajstić information content (AvgIpc) is 2.84. The Morgan fingerprint density at radius 2 is 2.11 bits per heavy atom. The van der Waals surface area contributed by atoms with Crippen LogP contribution in [0.1, 0.15) is 23.2 Å². The lowest BCUT2D eigenvalue weighted by atomic mass is 10.1.